The monoisotopic (exact) mass is 302 g/mol. The van der Waals surface area contributed by atoms with Gasteiger partial charge in [-0.25, -0.2) is 4.98 Å². The first-order valence-corrected chi connectivity index (χ1v) is 6.20. The Kier molecular flexibility index (Phi) is 3.63. The summed E-state index contributed by atoms with van der Waals surface area (Å²) < 4.78 is 6.69. The van der Waals surface area contributed by atoms with Crippen LogP contribution in [0.1, 0.15) is 16.8 Å². The van der Waals surface area contributed by atoms with Gasteiger partial charge >= 0.3 is 0 Å². The van der Waals surface area contributed by atoms with E-state index in [-0.39, 0.29) is 0 Å². The van der Waals surface area contributed by atoms with Crippen molar-refractivity contribution in [2.24, 2.45) is 0 Å². The van der Waals surface area contributed by atoms with E-state index in [0.29, 0.717) is 17.2 Å². The molecular weight excluding hydrogens is 292 g/mol. The number of aryl methyl sites for hydroxylation is 2. The molecule has 0 fully saturated rings. The predicted molar refractivity (Wildman–Crippen MR) is 72.6 cm³/mol. The molecule has 0 unspecified atom stereocenters. The summed E-state index contributed by atoms with van der Waals surface area (Å²) in [6, 6.07) is 11.1. The van der Waals surface area contributed by atoms with E-state index in [0.717, 1.165) is 15.7 Å². The van der Waals surface area contributed by atoms with Gasteiger partial charge in [-0.15, -0.1) is 0 Å². The van der Waals surface area contributed by atoms with E-state index in [1.54, 1.807) is 12.1 Å². The fraction of sp³-hybridized carbons (Fsp3) is 0.143. The molecule has 1 heterocycles. The van der Waals surface area contributed by atoms with Gasteiger partial charge in [-0.2, -0.15) is 5.26 Å². The van der Waals surface area contributed by atoms with Crippen LogP contribution in [0.3, 0.4) is 0 Å². The molecule has 18 heavy (non-hydrogen) atoms. The first-order chi connectivity index (χ1) is 8.58. The summed E-state index contributed by atoms with van der Waals surface area (Å²) in [5.74, 6) is 1.14. The van der Waals surface area contributed by atoms with Gasteiger partial charge in [0.1, 0.15) is 5.75 Å². The lowest BCUT2D eigenvalue weighted by Crippen LogP contribution is -1.92. The second-order valence-corrected chi connectivity index (χ2v) is 4.81. The normalized spacial score (nSPS) is 9.89. The fourth-order valence-corrected chi connectivity index (χ4v) is 1.80. The standard InChI is InChI=1S/C14H11BrN2O/c1-9-5-12(3-4-13(9)15)18-14-7-11(8-16)6-10(2)17-14/h3-7H,1-2H3. The Morgan fingerprint density at radius 1 is 1.22 bits per heavy atom. The van der Waals surface area contributed by atoms with Crippen molar-refractivity contribution in [1.29, 1.82) is 5.26 Å². The van der Waals surface area contributed by atoms with Gasteiger partial charge in [0.25, 0.3) is 0 Å². The Balaban J connectivity index is 2.31. The van der Waals surface area contributed by atoms with Gasteiger partial charge in [-0.3, -0.25) is 0 Å². The highest BCUT2D eigenvalue weighted by atomic mass is 79.9. The zero-order chi connectivity index (χ0) is 13.1. The molecule has 0 spiro atoms. The summed E-state index contributed by atoms with van der Waals surface area (Å²) in [7, 11) is 0. The summed E-state index contributed by atoms with van der Waals surface area (Å²) in [6.07, 6.45) is 0. The van der Waals surface area contributed by atoms with Crippen LogP contribution in [-0.4, -0.2) is 4.98 Å². The van der Waals surface area contributed by atoms with Gasteiger partial charge in [-0.1, -0.05) is 15.9 Å². The maximum atomic E-state index is 8.89. The molecule has 1 aromatic heterocycles. The Bertz CT molecular complexity index is 632. The van der Waals surface area contributed by atoms with E-state index in [2.05, 4.69) is 27.0 Å². The van der Waals surface area contributed by atoms with E-state index in [9.17, 15) is 0 Å². The average molecular weight is 303 g/mol. The van der Waals surface area contributed by atoms with Crippen molar-refractivity contribution >= 4 is 15.9 Å². The maximum Gasteiger partial charge on any atom is 0.220 e. The van der Waals surface area contributed by atoms with Crippen molar-refractivity contribution in [3.63, 3.8) is 0 Å². The van der Waals surface area contributed by atoms with E-state index in [4.69, 9.17) is 10.00 Å². The van der Waals surface area contributed by atoms with Crippen LogP contribution < -0.4 is 4.74 Å². The Hall–Kier alpha value is -1.86. The van der Waals surface area contributed by atoms with Gasteiger partial charge in [0.15, 0.2) is 0 Å². The van der Waals surface area contributed by atoms with Crippen molar-refractivity contribution in [3.8, 4) is 17.7 Å². The van der Waals surface area contributed by atoms with E-state index >= 15 is 0 Å². The summed E-state index contributed by atoms with van der Waals surface area (Å²) in [5.41, 5.74) is 2.39. The van der Waals surface area contributed by atoms with Gasteiger partial charge < -0.3 is 4.74 Å². The molecule has 4 heteroatoms. The summed E-state index contributed by atoms with van der Waals surface area (Å²) in [4.78, 5) is 4.24. The Morgan fingerprint density at radius 2 is 2.00 bits per heavy atom. The zero-order valence-corrected chi connectivity index (χ0v) is 11.7. The van der Waals surface area contributed by atoms with Crippen molar-refractivity contribution < 1.29 is 4.74 Å². The predicted octanol–water partition coefficient (Wildman–Crippen LogP) is 4.12. The average Bonchev–Trinajstić information content (AvgIpc) is 2.33. The van der Waals surface area contributed by atoms with E-state index in [1.807, 2.05) is 32.0 Å². The second kappa shape index (κ2) is 5.19. The van der Waals surface area contributed by atoms with Gasteiger partial charge in [0.2, 0.25) is 5.88 Å². The first-order valence-electron chi connectivity index (χ1n) is 5.41. The minimum atomic E-state index is 0.438. The molecular formula is C14H11BrN2O. The van der Waals surface area contributed by atoms with Crippen LogP contribution in [0.4, 0.5) is 0 Å². The van der Waals surface area contributed by atoms with Crippen LogP contribution in [0, 0.1) is 25.2 Å². The number of hydrogen-bond donors (Lipinski definition) is 0. The van der Waals surface area contributed by atoms with Gasteiger partial charge in [-0.05, 0) is 43.7 Å². The minimum Gasteiger partial charge on any atom is -0.439 e. The SMILES string of the molecule is Cc1cc(C#N)cc(Oc2ccc(Br)c(C)c2)n1. The highest BCUT2D eigenvalue weighted by molar-refractivity contribution is 9.10. The van der Waals surface area contributed by atoms with Crippen LogP contribution in [0.15, 0.2) is 34.8 Å². The highest BCUT2D eigenvalue weighted by Crippen LogP contribution is 2.25. The summed E-state index contributed by atoms with van der Waals surface area (Å²) in [6.45, 7) is 3.82. The molecule has 2 aromatic rings. The molecule has 1 aromatic carbocycles. The lowest BCUT2D eigenvalue weighted by molar-refractivity contribution is 0.461. The van der Waals surface area contributed by atoms with Gasteiger partial charge in [0.05, 0.1) is 11.6 Å². The molecule has 2 rings (SSSR count). The molecule has 0 saturated heterocycles. The van der Waals surface area contributed by atoms with Crippen LogP contribution in [-0.2, 0) is 0 Å². The number of aromatic nitrogens is 1. The molecule has 90 valence electrons. The molecule has 0 aliphatic carbocycles. The summed E-state index contributed by atoms with van der Waals surface area (Å²) in [5, 5.41) is 8.89. The Labute approximate surface area is 114 Å². The van der Waals surface area contributed by atoms with E-state index in [1.165, 1.54) is 0 Å². The number of nitrogens with zero attached hydrogens (tertiary/aromatic N) is 2. The van der Waals surface area contributed by atoms with Gasteiger partial charge in [0, 0.05) is 16.2 Å². The number of hydrogen-bond acceptors (Lipinski definition) is 3. The third-order valence-electron chi connectivity index (χ3n) is 2.41. The molecule has 3 nitrogen and oxygen atoms in total. The smallest absolute Gasteiger partial charge is 0.220 e. The number of benzene rings is 1. The lowest BCUT2D eigenvalue weighted by atomic mass is 10.2. The third kappa shape index (κ3) is 2.88. The van der Waals surface area contributed by atoms with Crippen LogP contribution >= 0.6 is 15.9 Å². The molecule has 0 N–H and O–H groups in total. The quantitative estimate of drug-likeness (QED) is 0.838. The number of ether oxygens (including phenoxy) is 1. The second-order valence-electron chi connectivity index (χ2n) is 3.96. The zero-order valence-electron chi connectivity index (χ0n) is 10.1. The van der Waals surface area contributed by atoms with Crippen LogP contribution in [0.25, 0.3) is 0 Å². The molecule has 0 amide bonds. The lowest BCUT2D eigenvalue weighted by Gasteiger charge is -2.07. The number of rotatable bonds is 2. The third-order valence-corrected chi connectivity index (χ3v) is 3.30. The molecule has 0 bridgehead atoms. The van der Waals surface area contributed by atoms with E-state index < -0.39 is 0 Å². The first kappa shape index (κ1) is 12.6. The highest BCUT2D eigenvalue weighted by Gasteiger charge is 2.04. The fourth-order valence-electron chi connectivity index (χ4n) is 1.56. The molecule has 0 atom stereocenters. The topological polar surface area (TPSA) is 45.9 Å². The molecule has 0 saturated carbocycles. The number of nitriles is 1. The van der Waals surface area contributed by atoms with Crippen molar-refractivity contribution in [2.45, 2.75) is 13.8 Å². The molecule has 0 radical (unpaired) electrons. The maximum absolute atomic E-state index is 8.89. The Morgan fingerprint density at radius 3 is 2.67 bits per heavy atom. The minimum absolute atomic E-state index is 0.438. The van der Waals surface area contributed by atoms with Crippen molar-refractivity contribution in [2.75, 3.05) is 0 Å². The summed E-state index contributed by atoms with van der Waals surface area (Å²) >= 11 is 3.43. The van der Waals surface area contributed by atoms with Crippen LogP contribution in [0.2, 0.25) is 0 Å². The largest absolute Gasteiger partial charge is 0.439 e. The van der Waals surface area contributed by atoms with Crippen molar-refractivity contribution in [3.05, 3.63) is 51.6 Å². The number of halogens is 1. The van der Waals surface area contributed by atoms with Crippen LogP contribution in [0.5, 0.6) is 11.6 Å². The molecule has 0 aliphatic rings. The molecule has 0 aliphatic heterocycles. The van der Waals surface area contributed by atoms with Crippen molar-refractivity contribution in [1.82, 2.24) is 4.98 Å². The number of pyridine rings is 1.